The van der Waals surface area contributed by atoms with Crippen LogP contribution in [0.5, 0.6) is 0 Å². The van der Waals surface area contributed by atoms with E-state index in [-0.39, 0.29) is 11.5 Å². The molecule has 0 aromatic heterocycles. The summed E-state index contributed by atoms with van der Waals surface area (Å²) in [7, 11) is 0. The predicted octanol–water partition coefficient (Wildman–Crippen LogP) is 10.3. The minimum atomic E-state index is -0.439. The molecule has 1 spiro atoms. The Morgan fingerprint density at radius 1 is 0.583 bits per heavy atom. The Bertz CT molecular complexity index is 2320. The first-order chi connectivity index (χ1) is 23.5. The van der Waals surface area contributed by atoms with Gasteiger partial charge in [-0.15, -0.1) is 0 Å². The van der Waals surface area contributed by atoms with Crippen LogP contribution in [0.4, 0.5) is 0 Å². The average molecular weight is 615 g/mol. The second-order valence-electron chi connectivity index (χ2n) is 13.6. The maximum Gasteiger partial charge on any atom is 0.0991 e. The smallest absolute Gasteiger partial charge is 0.0991 e. The molecule has 0 bridgehead atoms. The molecule has 0 fully saturated rings. The molecule has 9 rings (SSSR count). The number of benzene rings is 6. The summed E-state index contributed by atoms with van der Waals surface area (Å²) in [6.07, 6.45) is 4.55. The van der Waals surface area contributed by atoms with Gasteiger partial charge in [0.25, 0.3) is 0 Å². The number of hydrogen-bond donors (Lipinski definition) is 1. The van der Waals surface area contributed by atoms with Crippen LogP contribution in [0.2, 0.25) is 0 Å². The molecule has 2 nitrogen and oxygen atoms in total. The summed E-state index contributed by atoms with van der Waals surface area (Å²) >= 11 is 0. The zero-order chi connectivity index (χ0) is 32.5. The highest BCUT2D eigenvalue weighted by Gasteiger charge is 2.53. The van der Waals surface area contributed by atoms with Crippen molar-refractivity contribution in [1.29, 1.82) is 5.26 Å². The van der Waals surface area contributed by atoms with E-state index in [9.17, 15) is 5.26 Å². The van der Waals surface area contributed by atoms with Crippen molar-refractivity contribution >= 4 is 11.3 Å². The zero-order valence-corrected chi connectivity index (χ0v) is 27.0. The number of dihydropyridines is 1. The number of nitrogens with zero attached hydrogens (tertiary/aromatic N) is 1. The Labute approximate surface area is 282 Å². The Morgan fingerprint density at radius 3 is 1.88 bits per heavy atom. The van der Waals surface area contributed by atoms with Gasteiger partial charge in [0.15, 0.2) is 0 Å². The van der Waals surface area contributed by atoms with E-state index < -0.39 is 5.41 Å². The topological polar surface area (TPSA) is 35.8 Å². The van der Waals surface area contributed by atoms with Crippen molar-refractivity contribution in [1.82, 2.24) is 5.32 Å². The monoisotopic (exact) mass is 614 g/mol. The normalized spacial score (nSPS) is 17.5. The highest BCUT2D eigenvalue weighted by molar-refractivity contribution is 5.92. The third-order valence-corrected chi connectivity index (χ3v) is 10.8. The van der Waals surface area contributed by atoms with Crippen molar-refractivity contribution in [3.05, 3.63) is 213 Å². The molecular formula is C46H34N2. The lowest BCUT2D eigenvalue weighted by molar-refractivity contribution is 0.563. The molecule has 1 atom stereocenters. The fourth-order valence-electron chi connectivity index (χ4n) is 8.73. The summed E-state index contributed by atoms with van der Waals surface area (Å²) in [4.78, 5) is 0. The van der Waals surface area contributed by atoms with Crippen LogP contribution in [0.25, 0.3) is 22.4 Å². The van der Waals surface area contributed by atoms with Crippen molar-refractivity contribution in [3.8, 4) is 17.2 Å². The first-order valence-corrected chi connectivity index (χ1v) is 16.7. The van der Waals surface area contributed by atoms with Gasteiger partial charge in [-0.3, -0.25) is 0 Å². The highest BCUT2D eigenvalue weighted by Crippen LogP contribution is 2.63. The Kier molecular flexibility index (Phi) is 6.23. The lowest BCUT2D eigenvalue weighted by atomic mass is 9.55. The third kappa shape index (κ3) is 3.91. The highest BCUT2D eigenvalue weighted by atomic mass is 14.9. The van der Waals surface area contributed by atoms with E-state index >= 15 is 0 Å². The molecule has 2 heteroatoms. The summed E-state index contributed by atoms with van der Waals surface area (Å²) in [5, 5.41) is 13.7. The van der Waals surface area contributed by atoms with Gasteiger partial charge < -0.3 is 5.32 Å². The third-order valence-electron chi connectivity index (χ3n) is 10.8. The summed E-state index contributed by atoms with van der Waals surface area (Å²) in [6, 6.07) is 54.8. The van der Waals surface area contributed by atoms with E-state index in [2.05, 4.69) is 165 Å². The predicted molar refractivity (Wildman–Crippen MR) is 195 cm³/mol. The van der Waals surface area contributed by atoms with Gasteiger partial charge >= 0.3 is 0 Å². The van der Waals surface area contributed by atoms with Gasteiger partial charge in [-0.25, -0.2) is 0 Å². The molecule has 0 radical (unpaired) electrons. The Balaban J connectivity index is 1.32. The van der Waals surface area contributed by atoms with E-state index in [1.165, 1.54) is 50.1 Å². The molecule has 1 N–H and O–H groups in total. The van der Waals surface area contributed by atoms with Crippen LogP contribution in [0.1, 0.15) is 75.5 Å². The van der Waals surface area contributed by atoms with Gasteiger partial charge in [0.1, 0.15) is 0 Å². The lowest BCUT2D eigenvalue weighted by Crippen LogP contribution is -2.40. The van der Waals surface area contributed by atoms with Crippen LogP contribution in [0.15, 0.2) is 158 Å². The van der Waals surface area contributed by atoms with E-state index in [1.807, 2.05) is 18.2 Å². The fourth-order valence-corrected chi connectivity index (χ4v) is 8.73. The molecule has 2 aliphatic carbocycles. The minimum absolute atomic E-state index is 0.102. The number of hydrogen-bond acceptors (Lipinski definition) is 2. The summed E-state index contributed by atoms with van der Waals surface area (Å²) in [5.74, 6) is 0. The van der Waals surface area contributed by atoms with Gasteiger partial charge in [-0.2, -0.15) is 5.26 Å². The molecule has 6 aromatic rings. The maximum atomic E-state index is 9.71. The molecule has 0 saturated carbocycles. The van der Waals surface area contributed by atoms with E-state index in [0.29, 0.717) is 5.56 Å². The Hall–Kier alpha value is -5.91. The quantitative estimate of drug-likeness (QED) is 0.215. The van der Waals surface area contributed by atoms with Gasteiger partial charge in [0.2, 0.25) is 0 Å². The van der Waals surface area contributed by atoms with E-state index in [1.54, 1.807) is 0 Å². The minimum Gasteiger partial charge on any atom is -0.374 e. The fraction of sp³-hybridized carbons (Fsp3) is 0.109. The van der Waals surface area contributed by atoms with Crippen molar-refractivity contribution < 1.29 is 0 Å². The van der Waals surface area contributed by atoms with Gasteiger partial charge in [0.05, 0.1) is 23.1 Å². The van der Waals surface area contributed by atoms with Crippen LogP contribution in [-0.2, 0) is 10.8 Å². The maximum absolute atomic E-state index is 9.71. The van der Waals surface area contributed by atoms with Crippen LogP contribution in [0, 0.1) is 11.3 Å². The Morgan fingerprint density at radius 2 is 1.17 bits per heavy atom. The van der Waals surface area contributed by atoms with Crippen LogP contribution in [0.3, 0.4) is 0 Å². The van der Waals surface area contributed by atoms with Gasteiger partial charge in [-0.1, -0.05) is 147 Å². The summed E-state index contributed by atoms with van der Waals surface area (Å²) in [5.41, 5.74) is 16.4. The molecule has 0 saturated heterocycles. The largest absolute Gasteiger partial charge is 0.374 e. The second-order valence-corrected chi connectivity index (χ2v) is 13.6. The number of nitrogens with one attached hydrogen (secondary N) is 1. The molecule has 1 unspecified atom stereocenters. The molecule has 1 heterocycles. The van der Waals surface area contributed by atoms with Crippen LogP contribution < -0.4 is 5.32 Å². The second kappa shape index (κ2) is 10.6. The summed E-state index contributed by atoms with van der Waals surface area (Å²) < 4.78 is 0. The van der Waals surface area contributed by atoms with Crippen molar-refractivity contribution in [2.45, 2.75) is 30.7 Å². The van der Waals surface area contributed by atoms with Crippen molar-refractivity contribution in [2.24, 2.45) is 0 Å². The molecule has 1 aliphatic heterocycles. The van der Waals surface area contributed by atoms with Gasteiger partial charge in [0, 0.05) is 11.1 Å². The van der Waals surface area contributed by atoms with Crippen molar-refractivity contribution in [3.63, 3.8) is 0 Å². The molecule has 0 amide bonds. The SMILES string of the molecule is CC1(C)c2ccccc2C2(c3ccccc3-c3c(C4C=C(c5cccc(C#N)c5)C=C(c5ccccc5)N4)cccc32)c2ccccc21. The first kappa shape index (κ1) is 28.3. The lowest BCUT2D eigenvalue weighted by Gasteiger charge is -2.46. The first-order valence-electron chi connectivity index (χ1n) is 16.7. The number of nitriles is 1. The zero-order valence-electron chi connectivity index (χ0n) is 27.0. The molecule has 3 aliphatic rings. The average Bonchev–Trinajstić information content (AvgIpc) is 3.45. The molecular weight excluding hydrogens is 581 g/mol. The molecule has 48 heavy (non-hydrogen) atoms. The number of fused-ring (bicyclic) bond motifs is 9. The van der Waals surface area contributed by atoms with Gasteiger partial charge in [-0.05, 0) is 91.1 Å². The summed E-state index contributed by atoms with van der Waals surface area (Å²) in [6.45, 7) is 4.74. The van der Waals surface area contributed by atoms with Crippen LogP contribution in [-0.4, -0.2) is 0 Å². The standard InChI is InChI=1S/C46H34N2/c1-45(2)37-21-8-10-23-39(37)46(40-24-11-9-22-38(40)45)36-20-7-6-18-34(36)44-35(19-13-25-41(44)46)43-28-33(32-17-12-14-30(26-32)29-47)27-42(48-43)31-15-4-3-5-16-31/h3-28,43,48H,1-2H3. The molecule has 6 aromatic carbocycles. The van der Waals surface area contributed by atoms with E-state index in [4.69, 9.17) is 0 Å². The van der Waals surface area contributed by atoms with Crippen LogP contribution >= 0.6 is 0 Å². The van der Waals surface area contributed by atoms with E-state index in [0.717, 1.165) is 22.4 Å². The molecule has 228 valence electrons. The number of rotatable bonds is 3. The van der Waals surface area contributed by atoms with Crippen molar-refractivity contribution in [2.75, 3.05) is 0 Å². The number of allylic oxidation sites excluding steroid dienone is 2.